The van der Waals surface area contributed by atoms with Crippen molar-refractivity contribution >= 4 is 28.9 Å². The van der Waals surface area contributed by atoms with Crippen LogP contribution in [0.3, 0.4) is 0 Å². The van der Waals surface area contributed by atoms with Crippen LogP contribution in [0.2, 0.25) is 5.02 Å². The maximum Gasteiger partial charge on any atom is 0.259 e. The van der Waals surface area contributed by atoms with Crippen molar-refractivity contribution in [1.29, 1.82) is 0 Å². The lowest BCUT2D eigenvalue weighted by Gasteiger charge is -2.14. The molecular formula is C16H17ClN2O2. The maximum atomic E-state index is 12.3. The molecule has 0 radical (unpaired) electrons. The van der Waals surface area contributed by atoms with Crippen LogP contribution in [0.25, 0.3) is 0 Å². The lowest BCUT2D eigenvalue weighted by atomic mass is 10.1. The number of hydrogen-bond donors (Lipinski definition) is 2. The third-order valence-corrected chi connectivity index (χ3v) is 3.09. The quantitative estimate of drug-likeness (QED) is 0.840. The van der Waals surface area contributed by atoms with E-state index in [1.807, 2.05) is 19.9 Å². The van der Waals surface area contributed by atoms with Gasteiger partial charge in [-0.2, -0.15) is 0 Å². The van der Waals surface area contributed by atoms with Gasteiger partial charge in [0.25, 0.3) is 5.91 Å². The zero-order chi connectivity index (χ0) is 15.4. The molecule has 0 bridgehead atoms. The average molecular weight is 305 g/mol. The molecule has 5 heteroatoms. The zero-order valence-corrected chi connectivity index (χ0v) is 12.6. The molecule has 2 aromatic carbocycles. The first-order chi connectivity index (χ1) is 9.97. The highest BCUT2D eigenvalue weighted by Gasteiger charge is 2.13. The van der Waals surface area contributed by atoms with Crippen LogP contribution in [0.5, 0.6) is 5.75 Å². The second-order valence-electron chi connectivity index (χ2n) is 4.85. The summed E-state index contributed by atoms with van der Waals surface area (Å²) in [5, 5.41) is 3.24. The van der Waals surface area contributed by atoms with Crippen LogP contribution in [-0.2, 0) is 0 Å². The van der Waals surface area contributed by atoms with Gasteiger partial charge in [-0.3, -0.25) is 4.79 Å². The second-order valence-corrected chi connectivity index (χ2v) is 5.26. The lowest BCUT2D eigenvalue weighted by molar-refractivity contribution is 0.102. The molecule has 0 aliphatic heterocycles. The van der Waals surface area contributed by atoms with Gasteiger partial charge >= 0.3 is 0 Å². The largest absolute Gasteiger partial charge is 0.490 e. The van der Waals surface area contributed by atoms with Crippen LogP contribution >= 0.6 is 11.6 Å². The van der Waals surface area contributed by atoms with E-state index in [2.05, 4.69) is 5.32 Å². The highest BCUT2D eigenvalue weighted by Crippen LogP contribution is 2.24. The molecular weight excluding hydrogens is 288 g/mol. The van der Waals surface area contributed by atoms with E-state index in [4.69, 9.17) is 22.1 Å². The van der Waals surface area contributed by atoms with Gasteiger partial charge in [0, 0.05) is 5.69 Å². The standard InChI is InChI=1S/C16H17ClN2O2/c1-10(2)21-15-6-4-3-5-12(15)16(20)19-11-7-8-13(17)14(18)9-11/h3-10H,18H2,1-2H3,(H,19,20). The van der Waals surface area contributed by atoms with Crippen molar-refractivity contribution in [1.82, 2.24) is 0 Å². The first-order valence-electron chi connectivity index (χ1n) is 6.59. The molecule has 0 saturated heterocycles. The fraction of sp³-hybridized carbons (Fsp3) is 0.188. The summed E-state index contributed by atoms with van der Waals surface area (Å²) in [6.07, 6.45) is -0.00914. The van der Waals surface area contributed by atoms with Gasteiger partial charge in [-0.15, -0.1) is 0 Å². The average Bonchev–Trinajstić information content (AvgIpc) is 2.43. The van der Waals surface area contributed by atoms with Crippen molar-refractivity contribution in [3.8, 4) is 5.75 Å². The predicted octanol–water partition coefficient (Wildman–Crippen LogP) is 3.96. The van der Waals surface area contributed by atoms with Gasteiger partial charge in [0.05, 0.1) is 22.4 Å². The molecule has 3 N–H and O–H groups in total. The molecule has 0 spiro atoms. The molecule has 0 heterocycles. The number of carbonyl (C=O) groups is 1. The highest BCUT2D eigenvalue weighted by atomic mass is 35.5. The van der Waals surface area contributed by atoms with Crippen molar-refractivity contribution in [3.05, 3.63) is 53.1 Å². The fourth-order valence-electron chi connectivity index (χ4n) is 1.83. The van der Waals surface area contributed by atoms with Crippen molar-refractivity contribution in [2.45, 2.75) is 20.0 Å². The Hall–Kier alpha value is -2.20. The number of halogens is 1. The Morgan fingerprint density at radius 2 is 1.95 bits per heavy atom. The number of rotatable bonds is 4. The molecule has 110 valence electrons. The fourth-order valence-corrected chi connectivity index (χ4v) is 1.95. The number of anilines is 2. The molecule has 0 aromatic heterocycles. The van der Waals surface area contributed by atoms with E-state index in [0.29, 0.717) is 27.7 Å². The van der Waals surface area contributed by atoms with E-state index in [-0.39, 0.29) is 12.0 Å². The van der Waals surface area contributed by atoms with Gasteiger partial charge in [-0.05, 0) is 44.2 Å². The van der Waals surface area contributed by atoms with Crippen molar-refractivity contribution < 1.29 is 9.53 Å². The number of nitrogens with two attached hydrogens (primary N) is 1. The SMILES string of the molecule is CC(C)Oc1ccccc1C(=O)Nc1ccc(Cl)c(N)c1. The monoisotopic (exact) mass is 304 g/mol. The molecule has 2 aromatic rings. The number of carbonyl (C=O) groups excluding carboxylic acids is 1. The van der Waals surface area contributed by atoms with Gasteiger partial charge in [0.1, 0.15) is 5.75 Å². The number of amides is 1. The van der Waals surface area contributed by atoms with Gasteiger partial charge in [-0.1, -0.05) is 23.7 Å². The molecule has 0 saturated carbocycles. The first-order valence-corrected chi connectivity index (χ1v) is 6.97. The Bertz CT molecular complexity index is 656. The number of para-hydroxylation sites is 1. The number of ether oxygens (including phenoxy) is 1. The minimum Gasteiger partial charge on any atom is -0.490 e. The molecule has 0 atom stereocenters. The van der Waals surface area contributed by atoms with E-state index in [1.54, 1.807) is 36.4 Å². The minimum absolute atomic E-state index is 0.00914. The van der Waals surface area contributed by atoms with Gasteiger partial charge in [0.15, 0.2) is 0 Å². The summed E-state index contributed by atoms with van der Waals surface area (Å²) in [6.45, 7) is 3.82. The van der Waals surface area contributed by atoms with Crippen molar-refractivity contribution in [3.63, 3.8) is 0 Å². The molecule has 2 rings (SSSR count). The molecule has 1 amide bonds. The molecule has 21 heavy (non-hydrogen) atoms. The van der Waals surface area contributed by atoms with Crippen molar-refractivity contribution in [2.24, 2.45) is 0 Å². The van der Waals surface area contributed by atoms with Crippen molar-refractivity contribution in [2.75, 3.05) is 11.1 Å². The van der Waals surface area contributed by atoms with Crippen LogP contribution < -0.4 is 15.8 Å². The van der Waals surface area contributed by atoms with E-state index in [0.717, 1.165) is 0 Å². The minimum atomic E-state index is -0.257. The Labute approximate surface area is 128 Å². The molecule has 0 fully saturated rings. The predicted molar refractivity (Wildman–Crippen MR) is 86.0 cm³/mol. The van der Waals surface area contributed by atoms with E-state index in [9.17, 15) is 4.79 Å². The molecule has 0 aliphatic rings. The molecule has 0 aliphatic carbocycles. The van der Waals surface area contributed by atoms with Crippen LogP contribution in [0.1, 0.15) is 24.2 Å². The van der Waals surface area contributed by atoms with E-state index in [1.165, 1.54) is 0 Å². The van der Waals surface area contributed by atoms with E-state index >= 15 is 0 Å². The lowest BCUT2D eigenvalue weighted by Crippen LogP contribution is -2.15. The summed E-state index contributed by atoms with van der Waals surface area (Å²) in [6, 6.07) is 12.1. The Morgan fingerprint density at radius 1 is 1.24 bits per heavy atom. The zero-order valence-electron chi connectivity index (χ0n) is 11.9. The second kappa shape index (κ2) is 6.50. The molecule has 0 unspecified atom stereocenters. The number of hydrogen-bond acceptors (Lipinski definition) is 3. The van der Waals surface area contributed by atoms with Crippen LogP contribution in [0.4, 0.5) is 11.4 Å². The van der Waals surface area contributed by atoms with Gasteiger partial charge in [-0.25, -0.2) is 0 Å². The van der Waals surface area contributed by atoms with Gasteiger partial charge < -0.3 is 15.8 Å². The third-order valence-electron chi connectivity index (χ3n) is 2.75. The molecule has 4 nitrogen and oxygen atoms in total. The summed E-state index contributed by atoms with van der Waals surface area (Å²) >= 11 is 5.86. The number of nitrogens with one attached hydrogen (secondary N) is 1. The van der Waals surface area contributed by atoms with Crippen LogP contribution in [0.15, 0.2) is 42.5 Å². The summed E-state index contributed by atoms with van der Waals surface area (Å²) in [5.74, 6) is 0.292. The Kier molecular flexibility index (Phi) is 4.70. The van der Waals surface area contributed by atoms with Crippen LogP contribution in [-0.4, -0.2) is 12.0 Å². The van der Waals surface area contributed by atoms with E-state index < -0.39 is 0 Å². The Balaban J connectivity index is 2.22. The third kappa shape index (κ3) is 3.89. The topological polar surface area (TPSA) is 64.3 Å². The number of benzene rings is 2. The normalized spacial score (nSPS) is 10.5. The number of nitrogen functional groups attached to an aromatic ring is 1. The van der Waals surface area contributed by atoms with Crippen LogP contribution in [0, 0.1) is 0 Å². The Morgan fingerprint density at radius 3 is 2.62 bits per heavy atom. The first kappa shape index (κ1) is 15.2. The maximum absolute atomic E-state index is 12.3. The summed E-state index contributed by atoms with van der Waals surface area (Å²) < 4.78 is 5.64. The highest BCUT2D eigenvalue weighted by molar-refractivity contribution is 6.33. The van der Waals surface area contributed by atoms with Gasteiger partial charge in [0.2, 0.25) is 0 Å². The summed E-state index contributed by atoms with van der Waals surface area (Å²) in [5.41, 5.74) is 7.20. The summed E-state index contributed by atoms with van der Waals surface area (Å²) in [7, 11) is 0. The smallest absolute Gasteiger partial charge is 0.259 e. The summed E-state index contributed by atoms with van der Waals surface area (Å²) in [4.78, 5) is 12.3.